The molecule has 0 unspecified atom stereocenters. The number of nitrogens with zero attached hydrogens (tertiary/aromatic N) is 2. The third-order valence-corrected chi connectivity index (χ3v) is 7.10. The van der Waals surface area contributed by atoms with E-state index in [1.807, 2.05) is 73.0 Å². The number of para-hydroxylation sites is 1. The Labute approximate surface area is 229 Å². The summed E-state index contributed by atoms with van der Waals surface area (Å²) in [7, 11) is 0. The third kappa shape index (κ3) is 4.51. The summed E-state index contributed by atoms with van der Waals surface area (Å²) in [5.74, 6) is 0.432. The fourth-order valence-electron chi connectivity index (χ4n) is 4.90. The Hall–Kier alpha value is -4.62. The minimum atomic E-state index is -0.611. The molecule has 6 rings (SSSR count). The smallest absolute Gasteiger partial charge is 0.339 e. The molecule has 3 aromatic carbocycles. The average molecular weight is 539 g/mol. The number of benzene rings is 3. The number of halogens is 1. The largest absolute Gasteiger partial charge is 0.454 e. The predicted molar refractivity (Wildman–Crippen MR) is 148 cm³/mol. The van der Waals surface area contributed by atoms with E-state index < -0.39 is 12.6 Å². The zero-order valence-electron chi connectivity index (χ0n) is 21.2. The van der Waals surface area contributed by atoms with E-state index in [9.17, 15) is 9.59 Å². The molecule has 2 aromatic heterocycles. The van der Waals surface area contributed by atoms with Crippen LogP contribution >= 0.6 is 11.6 Å². The van der Waals surface area contributed by atoms with E-state index in [2.05, 4.69) is 4.98 Å². The average Bonchev–Trinajstić information content (AvgIpc) is 3.54. The van der Waals surface area contributed by atoms with Gasteiger partial charge in [-0.25, -0.2) is 9.78 Å². The summed E-state index contributed by atoms with van der Waals surface area (Å²) in [4.78, 5) is 31.2. The number of hydrogen-bond donors (Lipinski definition) is 0. The van der Waals surface area contributed by atoms with Gasteiger partial charge in [0.05, 0.1) is 16.8 Å². The molecule has 5 aromatic rings. The molecular weight excluding hydrogens is 516 g/mol. The lowest BCUT2D eigenvalue weighted by Crippen LogP contribution is -2.15. The number of ether oxygens (including phenoxy) is 3. The van der Waals surface area contributed by atoms with Gasteiger partial charge in [-0.1, -0.05) is 48.0 Å². The molecule has 39 heavy (non-hydrogen) atoms. The van der Waals surface area contributed by atoms with Gasteiger partial charge < -0.3 is 18.8 Å². The molecule has 0 saturated heterocycles. The van der Waals surface area contributed by atoms with Crippen molar-refractivity contribution in [1.29, 1.82) is 0 Å². The van der Waals surface area contributed by atoms with Crippen molar-refractivity contribution in [3.8, 4) is 28.4 Å². The summed E-state index contributed by atoms with van der Waals surface area (Å²) in [6.45, 7) is 3.56. The number of hydrogen-bond acceptors (Lipinski definition) is 6. The highest BCUT2D eigenvalue weighted by atomic mass is 35.5. The Kier molecular flexibility index (Phi) is 6.29. The summed E-state index contributed by atoms with van der Waals surface area (Å²) < 4.78 is 18.4. The van der Waals surface area contributed by atoms with Crippen molar-refractivity contribution in [3.63, 3.8) is 0 Å². The zero-order chi connectivity index (χ0) is 27.1. The second-order valence-corrected chi connectivity index (χ2v) is 9.62. The van der Waals surface area contributed by atoms with Crippen LogP contribution in [0.1, 0.15) is 32.1 Å². The zero-order valence-corrected chi connectivity index (χ0v) is 22.0. The van der Waals surface area contributed by atoms with Crippen molar-refractivity contribution in [2.45, 2.75) is 13.8 Å². The lowest BCUT2D eigenvalue weighted by Gasteiger charge is -2.12. The van der Waals surface area contributed by atoms with Crippen molar-refractivity contribution in [1.82, 2.24) is 9.55 Å². The highest BCUT2D eigenvalue weighted by Crippen LogP contribution is 2.35. The Morgan fingerprint density at radius 1 is 0.923 bits per heavy atom. The summed E-state index contributed by atoms with van der Waals surface area (Å²) in [5, 5.41) is 1.15. The van der Waals surface area contributed by atoms with Crippen molar-refractivity contribution >= 4 is 34.3 Å². The number of pyridine rings is 1. The molecule has 0 N–H and O–H groups in total. The van der Waals surface area contributed by atoms with Gasteiger partial charge in [0.25, 0.3) is 0 Å². The summed E-state index contributed by atoms with van der Waals surface area (Å²) in [5.41, 5.74) is 5.12. The number of rotatable bonds is 6. The first kappa shape index (κ1) is 24.7. The molecule has 7 nitrogen and oxygen atoms in total. The minimum Gasteiger partial charge on any atom is -0.454 e. The van der Waals surface area contributed by atoms with E-state index in [1.54, 1.807) is 24.3 Å². The Morgan fingerprint density at radius 3 is 2.54 bits per heavy atom. The van der Waals surface area contributed by atoms with E-state index in [0.717, 1.165) is 17.1 Å². The maximum Gasteiger partial charge on any atom is 0.339 e. The number of carbonyl (C=O) groups is 2. The van der Waals surface area contributed by atoms with Crippen LogP contribution in [0.15, 0.2) is 78.9 Å². The van der Waals surface area contributed by atoms with Crippen molar-refractivity contribution in [3.05, 3.63) is 106 Å². The normalized spacial score (nSPS) is 12.1. The number of aromatic nitrogens is 2. The first-order chi connectivity index (χ1) is 18.9. The molecule has 3 heterocycles. The number of aryl methyl sites for hydroxylation is 1. The molecule has 1 aliphatic heterocycles. The minimum absolute atomic E-state index is 0.185. The molecule has 0 bridgehead atoms. The van der Waals surface area contributed by atoms with E-state index >= 15 is 0 Å². The van der Waals surface area contributed by atoms with Crippen LogP contribution in [0.4, 0.5) is 0 Å². The van der Waals surface area contributed by atoms with Gasteiger partial charge in [0.15, 0.2) is 18.1 Å². The summed E-state index contributed by atoms with van der Waals surface area (Å²) in [6.07, 6.45) is 0. The number of esters is 1. The highest BCUT2D eigenvalue weighted by molar-refractivity contribution is 6.33. The molecule has 0 saturated carbocycles. The highest BCUT2D eigenvalue weighted by Gasteiger charge is 2.22. The quantitative estimate of drug-likeness (QED) is 0.176. The molecule has 194 valence electrons. The van der Waals surface area contributed by atoms with E-state index in [0.29, 0.717) is 49.8 Å². The van der Waals surface area contributed by atoms with Gasteiger partial charge in [0, 0.05) is 44.7 Å². The summed E-state index contributed by atoms with van der Waals surface area (Å²) >= 11 is 6.40. The molecule has 0 amide bonds. The van der Waals surface area contributed by atoms with E-state index in [1.165, 1.54) is 0 Å². The fourth-order valence-corrected chi connectivity index (χ4v) is 5.14. The molecule has 0 aliphatic carbocycles. The third-order valence-electron chi connectivity index (χ3n) is 6.77. The van der Waals surface area contributed by atoms with Crippen LogP contribution in [0.2, 0.25) is 5.02 Å². The molecule has 0 atom stereocenters. The molecule has 8 heteroatoms. The number of fused-ring (bicyclic) bond motifs is 2. The second kappa shape index (κ2) is 9.93. The van der Waals surface area contributed by atoms with Gasteiger partial charge in [-0.15, -0.1) is 0 Å². The second-order valence-electron chi connectivity index (χ2n) is 9.21. The molecule has 1 aliphatic rings. The van der Waals surface area contributed by atoms with Gasteiger partial charge in [-0.3, -0.25) is 4.79 Å². The van der Waals surface area contributed by atoms with E-state index in [-0.39, 0.29) is 12.6 Å². The first-order valence-electron chi connectivity index (χ1n) is 12.3. The standard InChI is InChI=1S/C31H23ClN2O5/c1-18-13-23(19(2)34(18)20-11-12-29-30(14-20)39-17-38-29)28(35)16-37-31(36)24-15-27(22-8-3-5-9-25(22)32)33-26-10-6-4-7-21(24)26/h3-15H,16-17H2,1-2H3. The lowest BCUT2D eigenvalue weighted by atomic mass is 10.0. The van der Waals surface area contributed by atoms with Crippen LogP contribution in [-0.4, -0.2) is 34.7 Å². The van der Waals surface area contributed by atoms with Gasteiger partial charge in [0.1, 0.15) is 0 Å². The van der Waals surface area contributed by atoms with Crippen LogP contribution in [-0.2, 0) is 4.74 Å². The molecule has 0 radical (unpaired) electrons. The van der Waals surface area contributed by atoms with Crippen LogP contribution < -0.4 is 9.47 Å². The SMILES string of the molecule is Cc1cc(C(=O)COC(=O)c2cc(-c3ccccc3Cl)nc3ccccc23)c(C)n1-c1ccc2c(c1)OCO2. The topological polar surface area (TPSA) is 79.7 Å². The van der Waals surface area contributed by atoms with Crippen LogP contribution in [0.25, 0.3) is 27.8 Å². The Balaban J connectivity index is 1.27. The van der Waals surface area contributed by atoms with Crippen LogP contribution in [0, 0.1) is 13.8 Å². The monoisotopic (exact) mass is 538 g/mol. The number of ketones is 1. The Morgan fingerprint density at radius 2 is 1.69 bits per heavy atom. The predicted octanol–water partition coefficient (Wildman–Crippen LogP) is 6.73. The Bertz CT molecular complexity index is 1770. The molecule has 0 spiro atoms. The van der Waals surface area contributed by atoms with Crippen molar-refractivity contribution < 1.29 is 23.8 Å². The van der Waals surface area contributed by atoms with Gasteiger partial charge in [-0.05, 0) is 50.2 Å². The van der Waals surface area contributed by atoms with Gasteiger partial charge in [-0.2, -0.15) is 0 Å². The summed E-state index contributed by atoms with van der Waals surface area (Å²) in [6, 6.07) is 23.7. The van der Waals surface area contributed by atoms with Crippen LogP contribution in [0.5, 0.6) is 11.5 Å². The number of Topliss-reactive ketones (excluding diaryl/α,β-unsaturated/α-hetero) is 1. The maximum absolute atomic E-state index is 13.3. The molecular formula is C31H23ClN2O5. The first-order valence-corrected chi connectivity index (χ1v) is 12.7. The van der Waals surface area contributed by atoms with Crippen molar-refractivity contribution in [2.75, 3.05) is 13.4 Å². The van der Waals surface area contributed by atoms with Gasteiger partial charge >= 0.3 is 5.97 Å². The lowest BCUT2D eigenvalue weighted by molar-refractivity contribution is 0.0476. The maximum atomic E-state index is 13.3. The number of carbonyl (C=O) groups excluding carboxylic acids is 2. The van der Waals surface area contributed by atoms with E-state index in [4.69, 9.17) is 25.8 Å². The van der Waals surface area contributed by atoms with Gasteiger partial charge in [0.2, 0.25) is 12.6 Å². The molecule has 0 fully saturated rings. The van der Waals surface area contributed by atoms with Crippen molar-refractivity contribution in [2.24, 2.45) is 0 Å². The fraction of sp³-hybridized carbons (Fsp3) is 0.129. The van der Waals surface area contributed by atoms with Crippen LogP contribution in [0.3, 0.4) is 0 Å².